The van der Waals surface area contributed by atoms with Crippen LogP contribution in [0.5, 0.6) is 23.0 Å². The van der Waals surface area contributed by atoms with Crippen molar-refractivity contribution in [1.29, 1.82) is 0 Å². The van der Waals surface area contributed by atoms with Gasteiger partial charge in [-0.05, 0) is 12.1 Å². The number of aldehydes is 1. The molecule has 0 aliphatic carbocycles. The summed E-state index contributed by atoms with van der Waals surface area (Å²) in [6.45, 7) is 3.65. The van der Waals surface area contributed by atoms with Crippen molar-refractivity contribution in [2.75, 3.05) is 7.11 Å². The summed E-state index contributed by atoms with van der Waals surface area (Å²) in [5.41, 5.74) is 0.533. The van der Waals surface area contributed by atoms with Gasteiger partial charge in [-0.25, -0.2) is 0 Å². The van der Waals surface area contributed by atoms with Crippen LogP contribution < -0.4 is 18.9 Å². The van der Waals surface area contributed by atoms with Crippen molar-refractivity contribution in [3.8, 4) is 34.3 Å². The van der Waals surface area contributed by atoms with Crippen LogP contribution in [-0.2, 0) is 14.4 Å². The lowest BCUT2D eigenvalue weighted by molar-refractivity contribution is -0.133. The Labute approximate surface area is 176 Å². The van der Waals surface area contributed by atoms with E-state index < -0.39 is 17.9 Å². The molecule has 31 heavy (non-hydrogen) atoms. The molecule has 0 aliphatic rings. The van der Waals surface area contributed by atoms with E-state index in [1.807, 2.05) is 0 Å². The summed E-state index contributed by atoms with van der Waals surface area (Å²) in [7, 11) is 1.43. The molecule has 3 aromatic rings. The SMILES string of the molecule is COc1cc(OC(C)=O)c2c(C=O)c(-c3ccc(OC(C)=O)cc3OC(C)=O)oc2c1. The van der Waals surface area contributed by atoms with Crippen LogP contribution in [0.1, 0.15) is 31.1 Å². The van der Waals surface area contributed by atoms with Crippen molar-refractivity contribution in [2.45, 2.75) is 20.8 Å². The summed E-state index contributed by atoms with van der Waals surface area (Å²) < 4.78 is 26.6. The van der Waals surface area contributed by atoms with E-state index in [9.17, 15) is 19.2 Å². The third-order valence-electron chi connectivity index (χ3n) is 4.09. The Bertz CT molecular complexity index is 1200. The van der Waals surface area contributed by atoms with Gasteiger partial charge in [0.25, 0.3) is 0 Å². The van der Waals surface area contributed by atoms with Crippen LogP contribution in [0.25, 0.3) is 22.3 Å². The van der Waals surface area contributed by atoms with E-state index in [0.29, 0.717) is 12.0 Å². The van der Waals surface area contributed by atoms with E-state index in [2.05, 4.69) is 0 Å². The molecule has 1 aromatic heterocycles. The number of ether oxygens (including phenoxy) is 4. The van der Waals surface area contributed by atoms with Crippen LogP contribution in [0.15, 0.2) is 34.7 Å². The molecule has 9 heteroatoms. The zero-order valence-electron chi connectivity index (χ0n) is 17.1. The van der Waals surface area contributed by atoms with Crippen molar-refractivity contribution in [3.05, 3.63) is 35.9 Å². The lowest BCUT2D eigenvalue weighted by Crippen LogP contribution is -2.05. The van der Waals surface area contributed by atoms with Gasteiger partial charge in [-0.15, -0.1) is 0 Å². The number of carbonyl (C=O) groups excluding carboxylic acids is 4. The first-order chi connectivity index (χ1) is 14.7. The highest BCUT2D eigenvalue weighted by atomic mass is 16.5. The van der Waals surface area contributed by atoms with Gasteiger partial charge in [-0.3, -0.25) is 19.2 Å². The average Bonchev–Trinajstić information content (AvgIpc) is 3.05. The fourth-order valence-corrected chi connectivity index (χ4v) is 3.01. The van der Waals surface area contributed by atoms with Crippen LogP contribution in [0, 0.1) is 0 Å². The number of hydrogen-bond acceptors (Lipinski definition) is 9. The van der Waals surface area contributed by atoms with Crippen molar-refractivity contribution < 1.29 is 42.5 Å². The van der Waals surface area contributed by atoms with E-state index in [4.69, 9.17) is 23.4 Å². The normalized spacial score (nSPS) is 10.5. The minimum Gasteiger partial charge on any atom is -0.496 e. The van der Waals surface area contributed by atoms with Gasteiger partial charge in [-0.1, -0.05) is 0 Å². The van der Waals surface area contributed by atoms with Gasteiger partial charge < -0.3 is 23.4 Å². The number of fused-ring (bicyclic) bond motifs is 1. The second-order valence-corrected chi connectivity index (χ2v) is 6.40. The Kier molecular flexibility index (Phi) is 6.05. The van der Waals surface area contributed by atoms with Crippen molar-refractivity contribution in [1.82, 2.24) is 0 Å². The number of esters is 3. The quantitative estimate of drug-likeness (QED) is 0.330. The molecule has 9 nitrogen and oxygen atoms in total. The molecule has 0 saturated carbocycles. The van der Waals surface area contributed by atoms with Crippen LogP contribution in [0.2, 0.25) is 0 Å². The third kappa shape index (κ3) is 4.55. The van der Waals surface area contributed by atoms with E-state index in [1.54, 1.807) is 0 Å². The summed E-state index contributed by atoms with van der Waals surface area (Å²) in [6.07, 6.45) is 0.540. The standard InChI is InChI=1S/C22H18O9/c1-11(24)28-14-5-6-16(18(7-14)29-12(2)25)22-17(10-23)21-19(30-13(3)26)8-15(27-4)9-20(21)31-22/h5-10H,1-4H3. The van der Waals surface area contributed by atoms with Gasteiger partial charge in [0.05, 0.1) is 23.6 Å². The largest absolute Gasteiger partial charge is 0.496 e. The smallest absolute Gasteiger partial charge is 0.308 e. The Morgan fingerprint density at radius 2 is 1.45 bits per heavy atom. The minimum absolute atomic E-state index is 0.00871. The maximum absolute atomic E-state index is 12.0. The predicted octanol–water partition coefficient (Wildman–Crippen LogP) is 3.70. The highest BCUT2D eigenvalue weighted by molar-refractivity contribution is 6.07. The lowest BCUT2D eigenvalue weighted by atomic mass is 10.0. The van der Waals surface area contributed by atoms with E-state index in [0.717, 1.165) is 0 Å². The molecule has 0 unspecified atom stereocenters. The summed E-state index contributed by atoms with van der Waals surface area (Å²) in [6, 6.07) is 7.24. The molecule has 0 aliphatic heterocycles. The monoisotopic (exact) mass is 426 g/mol. The molecule has 2 aromatic carbocycles. The summed E-state index contributed by atoms with van der Waals surface area (Å²) >= 11 is 0. The van der Waals surface area contributed by atoms with Crippen LogP contribution in [-0.4, -0.2) is 31.3 Å². The highest BCUT2D eigenvalue weighted by Crippen LogP contribution is 2.43. The number of methoxy groups -OCH3 is 1. The summed E-state index contributed by atoms with van der Waals surface area (Å²) in [5.74, 6) is -1.16. The first-order valence-electron chi connectivity index (χ1n) is 9.02. The predicted molar refractivity (Wildman–Crippen MR) is 108 cm³/mol. The van der Waals surface area contributed by atoms with Gasteiger partial charge in [0.15, 0.2) is 6.29 Å². The molecule has 0 N–H and O–H groups in total. The van der Waals surface area contributed by atoms with Crippen molar-refractivity contribution in [3.63, 3.8) is 0 Å². The lowest BCUT2D eigenvalue weighted by Gasteiger charge is -2.10. The molecule has 0 amide bonds. The second kappa shape index (κ2) is 8.70. The molecule has 3 rings (SSSR count). The zero-order valence-corrected chi connectivity index (χ0v) is 17.1. The molecule has 0 spiro atoms. The molecule has 160 valence electrons. The van der Waals surface area contributed by atoms with Gasteiger partial charge in [0.1, 0.15) is 34.3 Å². The highest BCUT2D eigenvalue weighted by Gasteiger charge is 2.24. The molecule has 0 fully saturated rings. The molecule has 0 radical (unpaired) electrons. The molecule has 0 bridgehead atoms. The Morgan fingerprint density at radius 3 is 2.03 bits per heavy atom. The van der Waals surface area contributed by atoms with Crippen LogP contribution >= 0.6 is 0 Å². The first kappa shape index (κ1) is 21.6. The van der Waals surface area contributed by atoms with Gasteiger partial charge >= 0.3 is 17.9 Å². The number of hydrogen-bond donors (Lipinski definition) is 0. The fraction of sp³-hybridized carbons (Fsp3) is 0.182. The third-order valence-corrected chi connectivity index (χ3v) is 4.09. The van der Waals surface area contributed by atoms with Crippen molar-refractivity contribution in [2.24, 2.45) is 0 Å². The number of furan rings is 1. The zero-order chi connectivity index (χ0) is 22.7. The Hall–Kier alpha value is -4.14. The van der Waals surface area contributed by atoms with Gasteiger partial charge in [0, 0.05) is 39.0 Å². The van der Waals surface area contributed by atoms with Crippen LogP contribution in [0.4, 0.5) is 0 Å². The van der Waals surface area contributed by atoms with Crippen LogP contribution in [0.3, 0.4) is 0 Å². The molecule has 1 heterocycles. The second-order valence-electron chi connectivity index (χ2n) is 6.40. The number of carbonyl (C=O) groups is 4. The van der Waals surface area contributed by atoms with Gasteiger partial charge in [0.2, 0.25) is 0 Å². The van der Waals surface area contributed by atoms with E-state index in [-0.39, 0.29) is 45.1 Å². The molecular weight excluding hydrogens is 408 g/mol. The Morgan fingerprint density at radius 1 is 0.839 bits per heavy atom. The maximum Gasteiger partial charge on any atom is 0.308 e. The average molecular weight is 426 g/mol. The topological polar surface area (TPSA) is 118 Å². The molecule has 0 saturated heterocycles. The fourth-order valence-electron chi connectivity index (χ4n) is 3.01. The van der Waals surface area contributed by atoms with Crippen molar-refractivity contribution >= 4 is 35.2 Å². The Balaban J connectivity index is 2.29. The van der Waals surface area contributed by atoms with E-state index >= 15 is 0 Å². The minimum atomic E-state index is -0.632. The number of benzene rings is 2. The molecular formula is C22H18O9. The first-order valence-corrected chi connectivity index (χ1v) is 9.02. The molecule has 0 atom stereocenters. The number of rotatable bonds is 6. The van der Waals surface area contributed by atoms with Gasteiger partial charge in [-0.2, -0.15) is 0 Å². The summed E-state index contributed by atoms with van der Waals surface area (Å²) in [5, 5.41) is 0.249. The summed E-state index contributed by atoms with van der Waals surface area (Å²) in [4.78, 5) is 46.4. The maximum atomic E-state index is 12.0. The van der Waals surface area contributed by atoms with E-state index in [1.165, 1.54) is 58.2 Å².